The molecule has 27 heavy (non-hydrogen) atoms. The lowest BCUT2D eigenvalue weighted by Gasteiger charge is -2.25. The van der Waals surface area contributed by atoms with E-state index in [0.29, 0.717) is 11.4 Å². The van der Waals surface area contributed by atoms with Gasteiger partial charge in [0.25, 0.3) is 0 Å². The van der Waals surface area contributed by atoms with E-state index in [9.17, 15) is 8.42 Å². The van der Waals surface area contributed by atoms with Crippen molar-refractivity contribution in [3.63, 3.8) is 0 Å². The smallest absolute Gasteiger partial charge is 0.207 e. The van der Waals surface area contributed by atoms with Crippen LogP contribution in [0.3, 0.4) is 0 Å². The van der Waals surface area contributed by atoms with Gasteiger partial charge in [0.2, 0.25) is 10.0 Å². The standard InChI is InChI=1S/C22H21NO2S2/c1-15-5-7-18(8-6-15)22-23(13-14-26-22)27(24,25)20-12-10-17-4-2-3-16-9-11-19(20)21(16)17/h2-8,10,12,22H,9,11,13-14H2,1H3/t22-/m0/s1. The molecule has 2 aliphatic rings. The van der Waals surface area contributed by atoms with Crippen LogP contribution in [0.25, 0.3) is 10.8 Å². The molecular formula is C22H21NO2S2. The van der Waals surface area contributed by atoms with Gasteiger partial charge < -0.3 is 0 Å². The monoisotopic (exact) mass is 395 g/mol. The van der Waals surface area contributed by atoms with Crippen LogP contribution >= 0.6 is 11.8 Å². The Morgan fingerprint density at radius 3 is 2.63 bits per heavy atom. The van der Waals surface area contributed by atoms with E-state index in [1.54, 1.807) is 16.1 Å². The summed E-state index contributed by atoms with van der Waals surface area (Å²) in [7, 11) is -3.53. The van der Waals surface area contributed by atoms with Crippen LogP contribution in [-0.2, 0) is 22.9 Å². The van der Waals surface area contributed by atoms with Crippen LogP contribution in [0.2, 0.25) is 0 Å². The molecule has 1 aliphatic heterocycles. The molecule has 0 radical (unpaired) electrons. The van der Waals surface area contributed by atoms with Crippen molar-refractivity contribution in [2.75, 3.05) is 12.3 Å². The summed E-state index contributed by atoms with van der Waals surface area (Å²) < 4.78 is 29.0. The Morgan fingerprint density at radius 2 is 1.81 bits per heavy atom. The fourth-order valence-corrected chi connectivity index (χ4v) is 7.79. The molecule has 1 atom stereocenters. The summed E-state index contributed by atoms with van der Waals surface area (Å²) in [5.74, 6) is 0.825. The minimum Gasteiger partial charge on any atom is -0.207 e. The van der Waals surface area contributed by atoms with E-state index in [1.165, 1.54) is 11.1 Å². The third-order valence-corrected chi connectivity index (χ3v) is 8.98. The van der Waals surface area contributed by atoms with Gasteiger partial charge in [0.15, 0.2) is 0 Å². The SMILES string of the molecule is Cc1ccc([C@@H]2SCCN2S(=O)(=O)c2ccc3cccc4c3c2CC4)cc1. The molecule has 1 fully saturated rings. The maximum Gasteiger partial charge on any atom is 0.244 e. The molecule has 0 N–H and O–H groups in total. The molecule has 0 saturated carbocycles. The van der Waals surface area contributed by atoms with Crippen LogP contribution in [-0.4, -0.2) is 25.0 Å². The van der Waals surface area contributed by atoms with E-state index in [0.717, 1.165) is 40.5 Å². The van der Waals surface area contributed by atoms with Crippen LogP contribution in [0.5, 0.6) is 0 Å². The van der Waals surface area contributed by atoms with Crippen LogP contribution in [0.1, 0.15) is 27.6 Å². The first kappa shape index (κ1) is 17.3. The average molecular weight is 396 g/mol. The zero-order valence-corrected chi connectivity index (χ0v) is 16.8. The molecule has 3 aromatic carbocycles. The normalized spacial score (nSPS) is 19.8. The van der Waals surface area contributed by atoms with Crippen molar-refractivity contribution in [3.05, 3.63) is 76.9 Å². The molecule has 138 valence electrons. The van der Waals surface area contributed by atoms with Crippen LogP contribution in [0.4, 0.5) is 0 Å². The summed E-state index contributed by atoms with van der Waals surface area (Å²) in [5, 5.41) is 2.15. The first-order chi connectivity index (χ1) is 13.1. The van der Waals surface area contributed by atoms with Gasteiger partial charge in [0, 0.05) is 12.3 Å². The Kier molecular flexibility index (Phi) is 4.08. The third-order valence-electron chi connectivity index (χ3n) is 5.64. The molecule has 5 heteroatoms. The number of hydrogen-bond acceptors (Lipinski definition) is 3. The van der Waals surface area contributed by atoms with Crippen molar-refractivity contribution >= 4 is 32.6 Å². The van der Waals surface area contributed by atoms with E-state index in [2.05, 4.69) is 49.4 Å². The number of thioether (sulfide) groups is 1. The van der Waals surface area contributed by atoms with E-state index < -0.39 is 10.0 Å². The Hall–Kier alpha value is -1.82. The summed E-state index contributed by atoms with van der Waals surface area (Å²) in [4.78, 5) is 0.500. The van der Waals surface area contributed by atoms with E-state index >= 15 is 0 Å². The van der Waals surface area contributed by atoms with E-state index in [-0.39, 0.29) is 5.37 Å². The van der Waals surface area contributed by atoms with Crippen LogP contribution in [0, 0.1) is 6.92 Å². The van der Waals surface area contributed by atoms with Gasteiger partial charge >= 0.3 is 0 Å². The molecule has 1 heterocycles. The fraction of sp³-hybridized carbons (Fsp3) is 0.273. The van der Waals surface area contributed by atoms with Gasteiger partial charge in [0.1, 0.15) is 0 Å². The third kappa shape index (κ3) is 2.72. The van der Waals surface area contributed by atoms with Gasteiger partial charge in [-0.2, -0.15) is 4.31 Å². The van der Waals surface area contributed by atoms with Gasteiger partial charge in [-0.25, -0.2) is 8.42 Å². The van der Waals surface area contributed by atoms with Crippen molar-refractivity contribution < 1.29 is 8.42 Å². The fourth-order valence-electron chi connectivity index (χ4n) is 4.29. The molecule has 1 saturated heterocycles. The highest BCUT2D eigenvalue weighted by molar-refractivity contribution is 8.01. The second-order valence-electron chi connectivity index (χ2n) is 7.31. The lowest BCUT2D eigenvalue weighted by atomic mass is 10.1. The highest BCUT2D eigenvalue weighted by atomic mass is 32.2. The summed E-state index contributed by atoms with van der Waals surface area (Å²) >= 11 is 1.71. The highest BCUT2D eigenvalue weighted by Gasteiger charge is 2.38. The lowest BCUT2D eigenvalue weighted by molar-refractivity contribution is 0.434. The van der Waals surface area contributed by atoms with E-state index in [4.69, 9.17) is 0 Å². The van der Waals surface area contributed by atoms with Crippen LogP contribution < -0.4 is 0 Å². The lowest BCUT2D eigenvalue weighted by Crippen LogP contribution is -2.31. The highest BCUT2D eigenvalue weighted by Crippen LogP contribution is 2.43. The van der Waals surface area contributed by atoms with E-state index in [1.807, 2.05) is 12.1 Å². The number of sulfonamides is 1. The molecule has 0 spiro atoms. The maximum absolute atomic E-state index is 13.6. The zero-order valence-electron chi connectivity index (χ0n) is 15.2. The molecule has 0 amide bonds. The quantitative estimate of drug-likeness (QED) is 0.646. The first-order valence-corrected chi connectivity index (χ1v) is 11.8. The van der Waals surface area contributed by atoms with Crippen molar-refractivity contribution in [1.29, 1.82) is 0 Å². The zero-order chi connectivity index (χ0) is 18.6. The van der Waals surface area contributed by atoms with Gasteiger partial charge in [0.05, 0.1) is 10.3 Å². The first-order valence-electron chi connectivity index (χ1n) is 9.29. The van der Waals surface area contributed by atoms with Crippen LogP contribution in [0.15, 0.2) is 59.5 Å². The van der Waals surface area contributed by atoms with Gasteiger partial charge in [-0.15, -0.1) is 11.8 Å². The summed E-state index contributed by atoms with van der Waals surface area (Å²) in [6, 6.07) is 18.3. The second-order valence-corrected chi connectivity index (χ2v) is 10.4. The molecule has 5 rings (SSSR count). The Labute approximate surface area is 164 Å². The van der Waals surface area contributed by atoms with Gasteiger partial charge in [-0.05, 0) is 53.3 Å². The average Bonchev–Trinajstić information content (AvgIpc) is 3.32. The Morgan fingerprint density at radius 1 is 1.00 bits per heavy atom. The van der Waals surface area contributed by atoms with Crippen molar-refractivity contribution in [2.45, 2.75) is 30.0 Å². The second kappa shape index (κ2) is 6.36. The largest absolute Gasteiger partial charge is 0.244 e. The molecule has 0 aromatic heterocycles. The molecule has 0 bridgehead atoms. The van der Waals surface area contributed by atoms with Gasteiger partial charge in [-0.1, -0.05) is 54.1 Å². The number of benzene rings is 3. The van der Waals surface area contributed by atoms with Gasteiger partial charge in [-0.3, -0.25) is 0 Å². The van der Waals surface area contributed by atoms with Crippen molar-refractivity contribution in [3.8, 4) is 0 Å². The minimum atomic E-state index is -3.53. The summed E-state index contributed by atoms with van der Waals surface area (Å²) in [6.45, 7) is 2.61. The van der Waals surface area contributed by atoms with Crippen molar-refractivity contribution in [1.82, 2.24) is 4.31 Å². The Bertz CT molecular complexity index is 1140. The molecular weight excluding hydrogens is 374 g/mol. The predicted octanol–water partition coefficient (Wildman–Crippen LogP) is 4.68. The minimum absolute atomic E-state index is 0.143. The summed E-state index contributed by atoms with van der Waals surface area (Å²) in [6.07, 6.45) is 1.73. The Balaban J connectivity index is 1.61. The number of hydrogen-bond donors (Lipinski definition) is 0. The molecule has 0 unspecified atom stereocenters. The number of nitrogens with zero attached hydrogens (tertiary/aromatic N) is 1. The molecule has 1 aliphatic carbocycles. The molecule has 3 nitrogen and oxygen atoms in total. The molecule has 3 aromatic rings. The number of rotatable bonds is 3. The number of aryl methyl sites for hydroxylation is 3. The maximum atomic E-state index is 13.6. The predicted molar refractivity (Wildman–Crippen MR) is 112 cm³/mol. The van der Waals surface area contributed by atoms with Crippen molar-refractivity contribution in [2.24, 2.45) is 0 Å². The summed E-state index contributed by atoms with van der Waals surface area (Å²) in [5.41, 5.74) is 4.52. The topological polar surface area (TPSA) is 37.4 Å².